The van der Waals surface area contributed by atoms with E-state index in [1.165, 1.54) is 12.0 Å². The molecule has 1 aromatic rings. The highest BCUT2D eigenvalue weighted by Gasteiger charge is 2.25. The molecule has 0 amide bonds. The second-order valence-corrected chi connectivity index (χ2v) is 4.34. The third kappa shape index (κ3) is 2.32. The van der Waals surface area contributed by atoms with Crippen LogP contribution in [0.1, 0.15) is 30.7 Å². The maximum Gasteiger partial charge on any atom is 0.119 e. The SMILES string of the molecule is COc1cccc([C@H]2CC[C@@H](CO)C2)c1. The van der Waals surface area contributed by atoms with Gasteiger partial charge in [-0.15, -0.1) is 0 Å². The Balaban J connectivity index is 2.09. The number of rotatable bonds is 3. The van der Waals surface area contributed by atoms with Crippen LogP contribution in [0.5, 0.6) is 5.75 Å². The van der Waals surface area contributed by atoms with Crippen molar-refractivity contribution in [3.63, 3.8) is 0 Å². The highest BCUT2D eigenvalue weighted by Crippen LogP contribution is 2.38. The fourth-order valence-corrected chi connectivity index (χ4v) is 2.44. The molecule has 0 heterocycles. The number of hydrogen-bond donors (Lipinski definition) is 1. The zero-order valence-corrected chi connectivity index (χ0v) is 9.15. The number of hydrogen-bond acceptors (Lipinski definition) is 2. The van der Waals surface area contributed by atoms with Crippen LogP contribution < -0.4 is 4.74 Å². The molecule has 0 radical (unpaired) electrons. The first-order valence-corrected chi connectivity index (χ1v) is 5.58. The molecule has 82 valence electrons. The second-order valence-electron chi connectivity index (χ2n) is 4.34. The number of aliphatic hydroxyl groups excluding tert-OH is 1. The summed E-state index contributed by atoms with van der Waals surface area (Å²) in [6, 6.07) is 8.29. The van der Waals surface area contributed by atoms with Gasteiger partial charge in [0.2, 0.25) is 0 Å². The molecule has 1 aliphatic rings. The van der Waals surface area contributed by atoms with Gasteiger partial charge in [-0.05, 0) is 48.8 Å². The average molecular weight is 206 g/mol. The number of methoxy groups -OCH3 is 1. The summed E-state index contributed by atoms with van der Waals surface area (Å²) >= 11 is 0. The smallest absolute Gasteiger partial charge is 0.119 e. The molecule has 2 rings (SSSR count). The Hall–Kier alpha value is -1.02. The van der Waals surface area contributed by atoms with E-state index in [0.29, 0.717) is 18.4 Å². The lowest BCUT2D eigenvalue weighted by molar-refractivity contribution is 0.229. The second kappa shape index (κ2) is 4.67. The zero-order valence-electron chi connectivity index (χ0n) is 9.15. The molecule has 2 atom stereocenters. The van der Waals surface area contributed by atoms with E-state index in [4.69, 9.17) is 9.84 Å². The first kappa shape index (κ1) is 10.5. The lowest BCUT2D eigenvalue weighted by Gasteiger charge is -2.11. The van der Waals surface area contributed by atoms with Crippen molar-refractivity contribution >= 4 is 0 Å². The summed E-state index contributed by atoms with van der Waals surface area (Å²) in [7, 11) is 1.70. The first-order valence-electron chi connectivity index (χ1n) is 5.58. The van der Waals surface area contributed by atoms with Gasteiger partial charge in [0.15, 0.2) is 0 Å². The fraction of sp³-hybridized carbons (Fsp3) is 0.538. The van der Waals surface area contributed by atoms with E-state index in [2.05, 4.69) is 12.1 Å². The Morgan fingerprint density at radius 1 is 1.40 bits per heavy atom. The van der Waals surface area contributed by atoms with Gasteiger partial charge < -0.3 is 9.84 Å². The molecule has 0 spiro atoms. The van der Waals surface area contributed by atoms with Crippen LogP contribution in [-0.4, -0.2) is 18.8 Å². The molecule has 0 aromatic heterocycles. The molecular formula is C13H18O2. The number of aliphatic hydroxyl groups is 1. The summed E-state index contributed by atoms with van der Waals surface area (Å²) in [5.41, 5.74) is 1.35. The zero-order chi connectivity index (χ0) is 10.7. The van der Waals surface area contributed by atoms with Crippen LogP contribution in [0.15, 0.2) is 24.3 Å². The lowest BCUT2D eigenvalue weighted by atomic mass is 9.96. The van der Waals surface area contributed by atoms with Gasteiger partial charge in [0, 0.05) is 6.61 Å². The molecular weight excluding hydrogens is 188 g/mol. The van der Waals surface area contributed by atoms with Crippen molar-refractivity contribution in [2.24, 2.45) is 5.92 Å². The summed E-state index contributed by atoms with van der Waals surface area (Å²) in [4.78, 5) is 0. The monoisotopic (exact) mass is 206 g/mol. The minimum absolute atomic E-state index is 0.334. The average Bonchev–Trinajstić information content (AvgIpc) is 2.78. The van der Waals surface area contributed by atoms with Gasteiger partial charge >= 0.3 is 0 Å². The van der Waals surface area contributed by atoms with Gasteiger partial charge in [0.05, 0.1) is 7.11 Å². The largest absolute Gasteiger partial charge is 0.497 e. The van der Waals surface area contributed by atoms with E-state index in [1.807, 2.05) is 12.1 Å². The lowest BCUT2D eigenvalue weighted by Crippen LogP contribution is -2.00. The quantitative estimate of drug-likeness (QED) is 0.823. The predicted octanol–water partition coefficient (Wildman–Crippen LogP) is 2.57. The van der Waals surface area contributed by atoms with Gasteiger partial charge in [-0.2, -0.15) is 0 Å². The van der Waals surface area contributed by atoms with Crippen LogP contribution in [-0.2, 0) is 0 Å². The molecule has 1 saturated carbocycles. The normalized spacial score (nSPS) is 25.5. The van der Waals surface area contributed by atoms with E-state index in [1.54, 1.807) is 7.11 Å². The molecule has 1 N–H and O–H groups in total. The summed E-state index contributed by atoms with van der Waals surface area (Å²) in [6.45, 7) is 0.334. The molecule has 1 fully saturated rings. The van der Waals surface area contributed by atoms with Crippen LogP contribution in [0.2, 0.25) is 0 Å². The van der Waals surface area contributed by atoms with Crippen molar-refractivity contribution < 1.29 is 9.84 Å². The maximum atomic E-state index is 9.11. The number of ether oxygens (including phenoxy) is 1. The molecule has 0 aliphatic heterocycles. The molecule has 1 aromatic carbocycles. The minimum atomic E-state index is 0.334. The molecule has 0 bridgehead atoms. The van der Waals surface area contributed by atoms with E-state index < -0.39 is 0 Å². The molecule has 15 heavy (non-hydrogen) atoms. The Labute approximate surface area is 90.9 Å². The van der Waals surface area contributed by atoms with Crippen LogP contribution in [0, 0.1) is 5.92 Å². The van der Waals surface area contributed by atoms with Gasteiger partial charge in [-0.1, -0.05) is 12.1 Å². The van der Waals surface area contributed by atoms with Crippen molar-refractivity contribution in [2.75, 3.05) is 13.7 Å². The predicted molar refractivity (Wildman–Crippen MR) is 60.2 cm³/mol. The van der Waals surface area contributed by atoms with E-state index in [-0.39, 0.29) is 0 Å². The Bertz CT molecular complexity index is 322. The van der Waals surface area contributed by atoms with E-state index >= 15 is 0 Å². The molecule has 1 aliphatic carbocycles. The van der Waals surface area contributed by atoms with Crippen molar-refractivity contribution in [1.82, 2.24) is 0 Å². The fourth-order valence-electron chi connectivity index (χ4n) is 2.44. The standard InChI is InChI=1S/C13H18O2/c1-15-13-4-2-3-11(8-13)12-6-5-10(7-12)9-14/h2-4,8,10,12,14H,5-7,9H2,1H3/t10-,12+/m1/s1. The summed E-state index contributed by atoms with van der Waals surface area (Å²) in [5.74, 6) is 2.04. The Morgan fingerprint density at radius 2 is 2.27 bits per heavy atom. The van der Waals surface area contributed by atoms with Crippen LogP contribution in [0.3, 0.4) is 0 Å². The summed E-state index contributed by atoms with van der Waals surface area (Å²) < 4.78 is 5.22. The summed E-state index contributed by atoms with van der Waals surface area (Å²) in [6.07, 6.45) is 3.46. The van der Waals surface area contributed by atoms with Crippen molar-refractivity contribution in [2.45, 2.75) is 25.2 Å². The summed E-state index contributed by atoms with van der Waals surface area (Å²) in [5, 5.41) is 9.11. The van der Waals surface area contributed by atoms with Crippen LogP contribution in [0.25, 0.3) is 0 Å². The number of benzene rings is 1. The van der Waals surface area contributed by atoms with E-state index in [9.17, 15) is 0 Å². The third-order valence-electron chi connectivity index (χ3n) is 3.36. The minimum Gasteiger partial charge on any atom is -0.497 e. The van der Waals surface area contributed by atoms with Crippen molar-refractivity contribution in [1.29, 1.82) is 0 Å². The van der Waals surface area contributed by atoms with E-state index in [0.717, 1.165) is 18.6 Å². The van der Waals surface area contributed by atoms with Crippen LogP contribution >= 0.6 is 0 Å². The molecule has 0 unspecified atom stereocenters. The molecule has 2 nitrogen and oxygen atoms in total. The Morgan fingerprint density at radius 3 is 2.93 bits per heavy atom. The van der Waals surface area contributed by atoms with Crippen molar-refractivity contribution in [3.8, 4) is 5.75 Å². The highest BCUT2D eigenvalue weighted by atomic mass is 16.5. The first-order chi connectivity index (χ1) is 7.33. The van der Waals surface area contributed by atoms with Crippen molar-refractivity contribution in [3.05, 3.63) is 29.8 Å². The van der Waals surface area contributed by atoms with Gasteiger partial charge in [0.25, 0.3) is 0 Å². The van der Waals surface area contributed by atoms with Crippen LogP contribution in [0.4, 0.5) is 0 Å². The van der Waals surface area contributed by atoms with Gasteiger partial charge in [-0.3, -0.25) is 0 Å². The third-order valence-corrected chi connectivity index (χ3v) is 3.36. The van der Waals surface area contributed by atoms with Gasteiger partial charge in [0.1, 0.15) is 5.75 Å². The molecule has 0 saturated heterocycles. The topological polar surface area (TPSA) is 29.5 Å². The maximum absolute atomic E-state index is 9.11. The molecule has 2 heteroatoms. The van der Waals surface area contributed by atoms with Gasteiger partial charge in [-0.25, -0.2) is 0 Å². The Kier molecular flexibility index (Phi) is 3.27. The highest BCUT2D eigenvalue weighted by molar-refractivity contribution is 5.31.